The summed E-state index contributed by atoms with van der Waals surface area (Å²) in [5, 5.41) is 12.0. The van der Waals surface area contributed by atoms with E-state index in [0.29, 0.717) is 17.2 Å². The van der Waals surface area contributed by atoms with Gasteiger partial charge in [-0.25, -0.2) is 0 Å². The number of hydrogen-bond donors (Lipinski definition) is 2. The number of carbonyl (C=O) groups excluding carboxylic acids is 2. The molecule has 0 aliphatic carbocycles. The first-order valence-corrected chi connectivity index (χ1v) is 8.58. The Morgan fingerprint density at radius 3 is 2.23 bits per heavy atom. The lowest BCUT2D eigenvalue weighted by Gasteiger charge is -2.29. The highest BCUT2D eigenvalue weighted by molar-refractivity contribution is 7.80. The van der Waals surface area contributed by atoms with E-state index in [2.05, 4.69) is 19.2 Å². The van der Waals surface area contributed by atoms with Crippen molar-refractivity contribution in [3.63, 3.8) is 0 Å². The van der Waals surface area contributed by atoms with Crippen LogP contribution in [0.15, 0.2) is 54.1 Å². The molecule has 2 aromatic rings. The molecular weight excluding hydrogens is 348 g/mol. The SMILES string of the molecule is CC(C)c1ccc(N2C(=O)/C(=C/c3ccc(O)cc3)C(=O)NC2=S)cc1. The third-order valence-corrected chi connectivity index (χ3v) is 4.41. The van der Waals surface area contributed by atoms with E-state index < -0.39 is 11.8 Å². The molecule has 0 unspecified atom stereocenters. The van der Waals surface area contributed by atoms with Crippen LogP contribution < -0.4 is 10.2 Å². The maximum atomic E-state index is 12.9. The van der Waals surface area contributed by atoms with Crippen LogP contribution in [0.2, 0.25) is 0 Å². The van der Waals surface area contributed by atoms with E-state index >= 15 is 0 Å². The van der Waals surface area contributed by atoms with Crippen molar-refractivity contribution < 1.29 is 14.7 Å². The summed E-state index contributed by atoms with van der Waals surface area (Å²) >= 11 is 5.20. The standard InChI is InChI=1S/C20H18N2O3S/c1-12(2)14-5-7-15(8-6-14)22-19(25)17(18(24)21-20(22)26)11-13-3-9-16(23)10-4-13/h3-12,23H,1-2H3,(H,21,24,26)/b17-11+. The summed E-state index contributed by atoms with van der Waals surface area (Å²) < 4.78 is 0. The van der Waals surface area contributed by atoms with Crippen LogP contribution in [0.1, 0.15) is 30.9 Å². The molecule has 0 spiro atoms. The van der Waals surface area contributed by atoms with E-state index in [1.807, 2.05) is 24.3 Å². The van der Waals surface area contributed by atoms with Crippen molar-refractivity contribution in [1.82, 2.24) is 5.32 Å². The van der Waals surface area contributed by atoms with Crippen molar-refractivity contribution in [2.75, 3.05) is 4.90 Å². The molecule has 2 amide bonds. The van der Waals surface area contributed by atoms with Crippen LogP contribution in [0.4, 0.5) is 5.69 Å². The molecule has 1 heterocycles. The van der Waals surface area contributed by atoms with Crippen LogP contribution in [0.3, 0.4) is 0 Å². The molecule has 1 fully saturated rings. The Bertz CT molecular complexity index is 900. The van der Waals surface area contributed by atoms with E-state index in [4.69, 9.17) is 12.2 Å². The molecule has 0 bridgehead atoms. The van der Waals surface area contributed by atoms with Crippen LogP contribution in [0, 0.1) is 0 Å². The van der Waals surface area contributed by atoms with Crippen LogP contribution in [0.5, 0.6) is 5.75 Å². The zero-order chi connectivity index (χ0) is 18.8. The van der Waals surface area contributed by atoms with Gasteiger partial charge in [-0.2, -0.15) is 0 Å². The van der Waals surface area contributed by atoms with E-state index in [0.717, 1.165) is 5.56 Å². The minimum atomic E-state index is -0.539. The quantitative estimate of drug-likeness (QED) is 0.497. The molecule has 1 aliphatic heterocycles. The highest BCUT2D eigenvalue weighted by Gasteiger charge is 2.34. The fraction of sp³-hybridized carbons (Fsp3) is 0.150. The molecular formula is C20H18N2O3S. The number of anilines is 1. The van der Waals surface area contributed by atoms with Gasteiger partial charge in [0.2, 0.25) is 0 Å². The van der Waals surface area contributed by atoms with Crippen LogP contribution in [0.25, 0.3) is 6.08 Å². The van der Waals surface area contributed by atoms with Gasteiger partial charge in [0.1, 0.15) is 11.3 Å². The molecule has 1 aliphatic rings. The lowest BCUT2D eigenvalue weighted by atomic mass is 10.0. The molecule has 0 radical (unpaired) electrons. The van der Waals surface area contributed by atoms with Crippen molar-refractivity contribution in [3.8, 4) is 5.75 Å². The number of carbonyl (C=O) groups is 2. The third-order valence-electron chi connectivity index (χ3n) is 4.12. The second-order valence-corrected chi connectivity index (χ2v) is 6.68. The van der Waals surface area contributed by atoms with Crippen molar-refractivity contribution in [3.05, 3.63) is 65.2 Å². The normalized spacial score (nSPS) is 16.3. The first kappa shape index (κ1) is 17.8. The summed E-state index contributed by atoms with van der Waals surface area (Å²) in [6, 6.07) is 13.7. The fourth-order valence-corrected chi connectivity index (χ4v) is 2.92. The van der Waals surface area contributed by atoms with Gasteiger partial charge in [-0.1, -0.05) is 38.1 Å². The monoisotopic (exact) mass is 366 g/mol. The maximum Gasteiger partial charge on any atom is 0.270 e. The molecule has 5 nitrogen and oxygen atoms in total. The number of rotatable bonds is 3. The second-order valence-electron chi connectivity index (χ2n) is 6.30. The van der Waals surface area contributed by atoms with Crippen molar-refractivity contribution in [1.29, 1.82) is 0 Å². The molecule has 6 heteroatoms. The summed E-state index contributed by atoms with van der Waals surface area (Å²) in [6.45, 7) is 4.18. The zero-order valence-electron chi connectivity index (χ0n) is 14.4. The van der Waals surface area contributed by atoms with Gasteiger partial charge in [-0.15, -0.1) is 0 Å². The Labute approximate surface area is 156 Å². The minimum absolute atomic E-state index is 0.0165. The molecule has 132 valence electrons. The molecule has 0 aromatic heterocycles. The van der Waals surface area contributed by atoms with E-state index in [1.165, 1.54) is 23.1 Å². The average Bonchev–Trinajstić information content (AvgIpc) is 2.60. The Hall–Kier alpha value is -2.99. The summed E-state index contributed by atoms with van der Waals surface area (Å²) in [6.07, 6.45) is 1.48. The molecule has 1 saturated heterocycles. The van der Waals surface area contributed by atoms with Gasteiger partial charge < -0.3 is 5.11 Å². The van der Waals surface area contributed by atoms with E-state index in [1.54, 1.807) is 12.1 Å². The second kappa shape index (κ2) is 7.09. The van der Waals surface area contributed by atoms with Crippen LogP contribution >= 0.6 is 12.2 Å². The number of phenolic OH excluding ortho intramolecular Hbond substituents is 1. The molecule has 0 atom stereocenters. The number of thiocarbonyl (C=S) groups is 1. The minimum Gasteiger partial charge on any atom is -0.508 e. The molecule has 3 rings (SSSR count). The van der Waals surface area contributed by atoms with Crippen molar-refractivity contribution in [2.24, 2.45) is 0 Å². The van der Waals surface area contributed by atoms with Gasteiger partial charge in [0.15, 0.2) is 5.11 Å². The number of benzene rings is 2. The Balaban J connectivity index is 1.96. The summed E-state index contributed by atoms with van der Waals surface area (Å²) in [4.78, 5) is 26.5. The largest absolute Gasteiger partial charge is 0.508 e. The van der Waals surface area contributed by atoms with Gasteiger partial charge >= 0.3 is 0 Å². The fourth-order valence-electron chi connectivity index (χ4n) is 2.64. The highest BCUT2D eigenvalue weighted by atomic mass is 32.1. The van der Waals surface area contributed by atoms with Gasteiger partial charge in [0.05, 0.1) is 5.69 Å². The summed E-state index contributed by atoms with van der Waals surface area (Å²) in [5.41, 5.74) is 2.36. The third kappa shape index (κ3) is 3.50. The Morgan fingerprint density at radius 1 is 1.04 bits per heavy atom. The predicted octanol–water partition coefficient (Wildman–Crippen LogP) is 3.35. The first-order chi connectivity index (χ1) is 12.4. The topological polar surface area (TPSA) is 69.6 Å². The zero-order valence-corrected chi connectivity index (χ0v) is 15.2. The lowest BCUT2D eigenvalue weighted by molar-refractivity contribution is -0.122. The first-order valence-electron chi connectivity index (χ1n) is 8.17. The highest BCUT2D eigenvalue weighted by Crippen LogP contribution is 2.24. The van der Waals surface area contributed by atoms with Gasteiger partial charge in [0, 0.05) is 0 Å². The molecule has 0 saturated carbocycles. The number of nitrogens with zero attached hydrogens (tertiary/aromatic N) is 1. The molecule has 26 heavy (non-hydrogen) atoms. The summed E-state index contributed by atoms with van der Waals surface area (Å²) in [5.74, 6) is -0.537. The number of phenols is 1. The Kier molecular flexibility index (Phi) is 4.86. The smallest absolute Gasteiger partial charge is 0.270 e. The van der Waals surface area contributed by atoms with Crippen LogP contribution in [-0.2, 0) is 9.59 Å². The van der Waals surface area contributed by atoms with Crippen molar-refractivity contribution in [2.45, 2.75) is 19.8 Å². The number of amides is 2. The molecule has 2 aromatic carbocycles. The lowest BCUT2D eigenvalue weighted by Crippen LogP contribution is -2.54. The Morgan fingerprint density at radius 2 is 1.65 bits per heavy atom. The van der Waals surface area contributed by atoms with E-state index in [-0.39, 0.29) is 16.4 Å². The number of nitrogens with one attached hydrogen (secondary N) is 1. The van der Waals surface area contributed by atoms with Gasteiger partial charge in [0.25, 0.3) is 11.8 Å². The maximum absolute atomic E-state index is 12.9. The van der Waals surface area contributed by atoms with Gasteiger partial charge in [-0.3, -0.25) is 19.8 Å². The average molecular weight is 366 g/mol. The number of hydrogen-bond acceptors (Lipinski definition) is 4. The van der Waals surface area contributed by atoms with Crippen molar-refractivity contribution >= 4 is 40.9 Å². The number of aromatic hydroxyl groups is 1. The van der Waals surface area contributed by atoms with Crippen LogP contribution in [-0.4, -0.2) is 22.0 Å². The summed E-state index contributed by atoms with van der Waals surface area (Å²) in [7, 11) is 0. The molecule has 2 N–H and O–H groups in total. The van der Waals surface area contributed by atoms with Gasteiger partial charge in [-0.05, 0) is 59.6 Å². The predicted molar refractivity (Wildman–Crippen MR) is 105 cm³/mol. The van der Waals surface area contributed by atoms with E-state index in [9.17, 15) is 14.7 Å².